The minimum Gasteiger partial charge on any atom is -0.379 e. The Morgan fingerprint density at radius 3 is 2.58 bits per heavy atom. The van der Waals surface area contributed by atoms with Crippen LogP contribution in [0.4, 0.5) is 0 Å². The summed E-state index contributed by atoms with van der Waals surface area (Å²) in [5.41, 5.74) is 0.0400. The van der Waals surface area contributed by atoms with E-state index in [0.29, 0.717) is 12.6 Å². The molecule has 0 aromatic rings. The highest BCUT2D eigenvalue weighted by Gasteiger charge is 2.37. The second kappa shape index (κ2) is 10.3. The van der Waals surface area contributed by atoms with Crippen molar-refractivity contribution >= 4 is 0 Å². The van der Waals surface area contributed by atoms with Gasteiger partial charge in [0, 0.05) is 44.4 Å². The van der Waals surface area contributed by atoms with Crippen molar-refractivity contribution in [2.45, 2.75) is 57.9 Å². The summed E-state index contributed by atoms with van der Waals surface area (Å²) in [6.45, 7) is 17.3. The van der Waals surface area contributed by atoms with E-state index in [9.17, 15) is 0 Å². The summed E-state index contributed by atoms with van der Waals surface area (Å²) in [4.78, 5) is 7.25. The van der Waals surface area contributed by atoms with Crippen LogP contribution in [0.25, 0.3) is 0 Å². The molecule has 0 spiro atoms. The van der Waals surface area contributed by atoms with Crippen molar-refractivity contribution in [3.63, 3.8) is 0 Å². The third-order valence-corrected chi connectivity index (χ3v) is 6.32. The van der Waals surface area contributed by atoms with E-state index in [1.807, 2.05) is 0 Å². The maximum absolute atomic E-state index is 6.07. The van der Waals surface area contributed by atoms with Gasteiger partial charge in [-0.25, -0.2) is 0 Å². The van der Waals surface area contributed by atoms with Gasteiger partial charge in [-0.1, -0.05) is 6.92 Å². The molecular formula is C20H41N3O3. The first-order valence-electron chi connectivity index (χ1n) is 10.3. The predicted molar refractivity (Wildman–Crippen MR) is 106 cm³/mol. The molecule has 0 bridgehead atoms. The summed E-state index contributed by atoms with van der Waals surface area (Å²) in [5, 5.41) is 0. The van der Waals surface area contributed by atoms with Gasteiger partial charge in [-0.05, 0) is 47.8 Å². The van der Waals surface area contributed by atoms with E-state index < -0.39 is 0 Å². The summed E-state index contributed by atoms with van der Waals surface area (Å²) in [5.74, 6) is 0. The molecule has 0 saturated carbocycles. The Labute approximate surface area is 160 Å². The fraction of sp³-hybridized carbons (Fsp3) is 1.00. The molecule has 2 fully saturated rings. The largest absolute Gasteiger partial charge is 0.379 e. The molecule has 6 heteroatoms. The summed E-state index contributed by atoms with van der Waals surface area (Å²) in [6.07, 6.45) is 1.53. The monoisotopic (exact) mass is 371 g/mol. The maximum atomic E-state index is 6.07. The van der Waals surface area contributed by atoms with Gasteiger partial charge in [0.25, 0.3) is 0 Å². The molecule has 26 heavy (non-hydrogen) atoms. The Morgan fingerprint density at radius 2 is 1.88 bits per heavy atom. The standard InChI is InChI=1S/C20H41N3O3/c1-7-22-9-12-25-18(14-22)16-24-11-8-17(2)23-10-13-26-19(15-23)20(3,4)21(5)6/h17-19H,7-16H2,1-6H3/t17?,18-,19+/m0/s1. The molecule has 0 aromatic heterocycles. The predicted octanol–water partition coefficient (Wildman–Crippen LogP) is 1.54. The number of hydrogen-bond acceptors (Lipinski definition) is 6. The number of ether oxygens (including phenoxy) is 3. The van der Waals surface area contributed by atoms with E-state index in [2.05, 4.69) is 56.5 Å². The van der Waals surface area contributed by atoms with E-state index in [-0.39, 0.29) is 17.7 Å². The molecule has 2 aliphatic rings. The van der Waals surface area contributed by atoms with Gasteiger partial charge in [0.1, 0.15) is 0 Å². The van der Waals surface area contributed by atoms with Crippen LogP contribution in [0.2, 0.25) is 0 Å². The van der Waals surface area contributed by atoms with Gasteiger partial charge >= 0.3 is 0 Å². The Bertz CT molecular complexity index is 406. The average molecular weight is 372 g/mol. The highest BCUT2D eigenvalue weighted by Crippen LogP contribution is 2.23. The lowest BCUT2D eigenvalue weighted by Gasteiger charge is -2.46. The van der Waals surface area contributed by atoms with Gasteiger partial charge in [0.15, 0.2) is 0 Å². The fourth-order valence-electron chi connectivity index (χ4n) is 3.60. The maximum Gasteiger partial charge on any atom is 0.0935 e. The number of morpholine rings is 2. The van der Waals surface area contributed by atoms with E-state index in [0.717, 1.165) is 59.0 Å². The summed E-state index contributed by atoms with van der Waals surface area (Å²) in [7, 11) is 4.26. The van der Waals surface area contributed by atoms with Gasteiger partial charge < -0.3 is 19.1 Å². The van der Waals surface area contributed by atoms with Gasteiger partial charge in [-0.15, -0.1) is 0 Å². The average Bonchev–Trinajstić information content (AvgIpc) is 2.65. The molecule has 3 atom stereocenters. The van der Waals surface area contributed by atoms with Crippen molar-refractivity contribution < 1.29 is 14.2 Å². The normalized spacial score (nSPS) is 27.8. The van der Waals surface area contributed by atoms with Crippen LogP contribution in [0, 0.1) is 0 Å². The van der Waals surface area contributed by atoms with Crippen LogP contribution in [-0.4, -0.2) is 112 Å². The van der Waals surface area contributed by atoms with Crippen molar-refractivity contribution in [1.29, 1.82) is 0 Å². The number of nitrogens with zero attached hydrogens (tertiary/aromatic N) is 3. The van der Waals surface area contributed by atoms with Crippen LogP contribution in [0.1, 0.15) is 34.1 Å². The van der Waals surface area contributed by atoms with Crippen LogP contribution < -0.4 is 0 Å². The molecule has 2 aliphatic heterocycles. The Kier molecular flexibility index (Phi) is 8.77. The summed E-state index contributed by atoms with van der Waals surface area (Å²) in [6, 6.07) is 0.513. The molecule has 0 N–H and O–H groups in total. The second-order valence-corrected chi connectivity index (χ2v) is 8.50. The van der Waals surface area contributed by atoms with Crippen molar-refractivity contribution in [2.24, 2.45) is 0 Å². The molecule has 0 aliphatic carbocycles. The van der Waals surface area contributed by atoms with Gasteiger partial charge in [0.2, 0.25) is 0 Å². The molecule has 2 saturated heterocycles. The molecule has 0 radical (unpaired) electrons. The lowest BCUT2D eigenvalue weighted by molar-refractivity contribution is -0.104. The lowest BCUT2D eigenvalue weighted by Crippen LogP contribution is -2.59. The van der Waals surface area contributed by atoms with Crippen LogP contribution in [0.5, 0.6) is 0 Å². The zero-order chi connectivity index (χ0) is 19.2. The SMILES string of the molecule is CCN1CCO[C@H](COCCC(C)N2CCO[C@@H](C(C)(C)N(C)C)C2)C1. The Balaban J connectivity index is 1.68. The Morgan fingerprint density at radius 1 is 1.15 bits per heavy atom. The zero-order valence-electron chi connectivity index (χ0n) is 17.9. The number of rotatable bonds is 9. The molecular weight excluding hydrogens is 330 g/mol. The molecule has 2 heterocycles. The molecule has 1 unspecified atom stereocenters. The van der Waals surface area contributed by atoms with Crippen molar-refractivity contribution in [1.82, 2.24) is 14.7 Å². The van der Waals surface area contributed by atoms with E-state index in [1.165, 1.54) is 0 Å². The molecule has 2 rings (SSSR count). The minimum atomic E-state index is 0.0400. The second-order valence-electron chi connectivity index (χ2n) is 8.50. The summed E-state index contributed by atoms with van der Waals surface area (Å²) >= 11 is 0. The molecule has 0 amide bonds. The third-order valence-electron chi connectivity index (χ3n) is 6.32. The highest BCUT2D eigenvalue weighted by molar-refractivity contribution is 4.92. The van der Waals surface area contributed by atoms with Crippen LogP contribution in [0.15, 0.2) is 0 Å². The quantitative estimate of drug-likeness (QED) is 0.573. The summed E-state index contributed by atoms with van der Waals surface area (Å²) < 4.78 is 17.8. The van der Waals surface area contributed by atoms with Crippen LogP contribution in [-0.2, 0) is 14.2 Å². The molecule has 0 aromatic carbocycles. The fourth-order valence-corrected chi connectivity index (χ4v) is 3.60. The third kappa shape index (κ3) is 6.14. The zero-order valence-corrected chi connectivity index (χ0v) is 17.9. The van der Waals surface area contributed by atoms with Gasteiger partial charge in [-0.2, -0.15) is 0 Å². The lowest BCUT2D eigenvalue weighted by atomic mass is 9.93. The van der Waals surface area contributed by atoms with Crippen LogP contribution >= 0.6 is 0 Å². The smallest absolute Gasteiger partial charge is 0.0935 e. The number of likely N-dealkylation sites (N-methyl/N-ethyl adjacent to an activating group) is 2. The minimum absolute atomic E-state index is 0.0400. The Hall–Kier alpha value is -0.240. The van der Waals surface area contributed by atoms with Crippen molar-refractivity contribution in [3.05, 3.63) is 0 Å². The topological polar surface area (TPSA) is 37.4 Å². The van der Waals surface area contributed by atoms with E-state index in [4.69, 9.17) is 14.2 Å². The van der Waals surface area contributed by atoms with E-state index >= 15 is 0 Å². The highest BCUT2D eigenvalue weighted by atomic mass is 16.5. The van der Waals surface area contributed by atoms with Gasteiger partial charge in [-0.3, -0.25) is 9.80 Å². The molecule has 154 valence electrons. The van der Waals surface area contributed by atoms with Crippen molar-refractivity contribution in [3.8, 4) is 0 Å². The van der Waals surface area contributed by atoms with E-state index in [1.54, 1.807) is 0 Å². The number of hydrogen-bond donors (Lipinski definition) is 0. The van der Waals surface area contributed by atoms with Crippen LogP contribution in [0.3, 0.4) is 0 Å². The molecule has 6 nitrogen and oxygen atoms in total. The first-order valence-corrected chi connectivity index (χ1v) is 10.3. The first kappa shape index (κ1) is 22.1. The van der Waals surface area contributed by atoms with Gasteiger partial charge in [0.05, 0.1) is 32.0 Å². The first-order chi connectivity index (χ1) is 12.3. The van der Waals surface area contributed by atoms with Crippen molar-refractivity contribution in [2.75, 3.05) is 73.2 Å².